The summed E-state index contributed by atoms with van der Waals surface area (Å²) in [5.41, 5.74) is 0.566. The molecule has 1 aromatic carbocycles. The second kappa shape index (κ2) is 8.22. The van der Waals surface area contributed by atoms with Gasteiger partial charge < -0.3 is 20.6 Å². The van der Waals surface area contributed by atoms with E-state index in [1.54, 1.807) is 6.92 Å². The molecule has 10 heteroatoms. The van der Waals surface area contributed by atoms with E-state index >= 15 is 0 Å². The average Bonchev–Trinajstić information content (AvgIpc) is 2.90. The Balaban J connectivity index is 1.88. The number of hydrogen-bond acceptors (Lipinski definition) is 8. The van der Waals surface area contributed by atoms with Gasteiger partial charge in [0.2, 0.25) is 0 Å². The Kier molecular flexibility index (Phi) is 5.95. The van der Waals surface area contributed by atoms with Gasteiger partial charge in [-0.3, -0.25) is 0 Å². The highest BCUT2D eigenvalue weighted by Crippen LogP contribution is 2.35. The first-order valence-electron chi connectivity index (χ1n) is 8.34. The molecule has 1 saturated carbocycles. The lowest BCUT2D eigenvalue weighted by Gasteiger charge is -2.19. The molecule has 1 aromatic heterocycles. The zero-order valence-corrected chi connectivity index (χ0v) is 15.2. The van der Waals surface area contributed by atoms with Crippen LogP contribution in [0.2, 0.25) is 5.15 Å². The van der Waals surface area contributed by atoms with Crippen LogP contribution in [-0.4, -0.2) is 50.1 Å². The molecule has 2 aromatic rings. The maximum Gasteiger partial charge on any atom is 0.165 e. The number of aryl methyl sites for hydroxylation is 1. The van der Waals surface area contributed by atoms with Crippen molar-refractivity contribution in [1.29, 1.82) is 0 Å². The zero-order valence-electron chi connectivity index (χ0n) is 14.4. The number of azo groups is 1. The summed E-state index contributed by atoms with van der Waals surface area (Å²) in [7, 11) is 0. The number of hydrogen-bond donors (Lipinski definition) is 4. The first-order chi connectivity index (χ1) is 12.9. The van der Waals surface area contributed by atoms with E-state index in [-0.39, 0.29) is 29.1 Å². The molecule has 27 heavy (non-hydrogen) atoms. The molecule has 4 N–H and O–H groups in total. The second-order valence-electron chi connectivity index (χ2n) is 6.35. The summed E-state index contributed by atoms with van der Waals surface area (Å²) in [4.78, 5) is 8.31. The number of rotatable bonds is 5. The number of aromatic nitrogens is 2. The first kappa shape index (κ1) is 19.6. The third-order valence-electron chi connectivity index (χ3n) is 4.40. The van der Waals surface area contributed by atoms with Crippen LogP contribution in [0.1, 0.15) is 12.2 Å². The lowest BCUT2D eigenvalue weighted by atomic mass is 10.1. The van der Waals surface area contributed by atoms with E-state index < -0.39 is 24.2 Å². The van der Waals surface area contributed by atoms with Crippen molar-refractivity contribution in [1.82, 2.24) is 9.97 Å². The number of nitrogens with one attached hydrogen (secondary N) is 1. The molecule has 0 bridgehead atoms. The topological polar surface area (TPSA) is 123 Å². The van der Waals surface area contributed by atoms with E-state index in [0.29, 0.717) is 17.9 Å². The maximum absolute atomic E-state index is 13.0. The normalized spacial score (nSPS) is 25.3. The van der Waals surface area contributed by atoms with Crippen molar-refractivity contribution < 1.29 is 19.7 Å². The van der Waals surface area contributed by atoms with Crippen molar-refractivity contribution in [3.63, 3.8) is 0 Å². The van der Waals surface area contributed by atoms with Gasteiger partial charge in [0.15, 0.2) is 16.7 Å². The number of benzene rings is 1. The van der Waals surface area contributed by atoms with Crippen LogP contribution < -0.4 is 5.32 Å². The van der Waals surface area contributed by atoms with Gasteiger partial charge in [-0.2, -0.15) is 5.11 Å². The van der Waals surface area contributed by atoms with Crippen LogP contribution in [-0.2, 0) is 0 Å². The number of nitrogens with zero attached hydrogens (tertiary/aromatic N) is 4. The van der Waals surface area contributed by atoms with Crippen molar-refractivity contribution >= 4 is 28.8 Å². The van der Waals surface area contributed by atoms with E-state index in [4.69, 9.17) is 11.6 Å². The van der Waals surface area contributed by atoms with Gasteiger partial charge in [0.05, 0.1) is 17.8 Å². The standard InChI is InChI=1S/C17H19ClFN5O3/c1-8-20-16(18)13(24-23-11-4-2-10(19)3-5-11)17(21-8)22-12-6-9(7-25)14(26)15(12)27/h2-5,9,12,14-15,25-27H,6-7H2,1H3,(H,20,21,22)/t9-,12-,14-,15+/m1/s1. The van der Waals surface area contributed by atoms with E-state index in [1.807, 2.05) is 0 Å². The van der Waals surface area contributed by atoms with Crippen LogP contribution >= 0.6 is 11.6 Å². The van der Waals surface area contributed by atoms with E-state index in [2.05, 4.69) is 25.5 Å². The molecule has 3 rings (SSSR count). The Morgan fingerprint density at radius 2 is 1.89 bits per heavy atom. The molecule has 0 radical (unpaired) electrons. The Morgan fingerprint density at radius 3 is 2.52 bits per heavy atom. The van der Waals surface area contributed by atoms with E-state index in [0.717, 1.165) is 0 Å². The average molecular weight is 396 g/mol. The molecule has 1 aliphatic carbocycles. The molecule has 1 aliphatic rings. The van der Waals surface area contributed by atoms with Gasteiger partial charge in [-0.15, -0.1) is 5.11 Å². The van der Waals surface area contributed by atoms with Gasteiger partial charge in [0.1, 0.15) is 17.7 Å². The Morgan fingerprint density at radius 1 is 1.19 bits per heavy atom. The fourth-order valence-electron chi connectivity index (χ4n) is 2.96. The minimum atomic E-state index is -1.09. The molecule has 1 heterocycles. The lowest BCUT2D eigenvalue weighted by molar-refractivity contribution is 0.00446. The van der Waals surface area contributed by atoms with Crippen LogP contribution in [0.25, 0.3) is 0 Å². The van der Waals surface area contributed by atoms with Crippen molar-refractivity contribution in [3.05, 3.63) is 41.1 Å². The fraction of sp³-hybridized carbons (Fsp3) is 0.412. The zero-order chi connectivity index (χ0) is 19.6. The summed E-state index contributed by atoms with van der Waals surface area (Å²) < 4.78 is 13.0. The summed E-state index contributed by atoms with van der Waals surface area (Å²) in [6, 6.07) is 4.87. The van der Waals surface area contributed by atoms with Crippen LogP contribution in [0.5, 0.6) is 0 Å². The molecule has 0 spiro atoms. The highest BCUT2D eigenvalue weighted by atomic mass is 35.5. The summed E-state index contributed by atoms with van der Waals surface area (Å²) in [5.74, 6) is -0.205. The van der Waals surface area contributed by atoms with Crippen molar-refractivity contribution in [3.8, 4) is 0 Å². The maximum atomic E-state index is 13.0. The van der Waals surface area contributed by atoms with Gasteiger partial charge in [-0.1, -0.05) is 11.6 Å². The molecule has 0 aliphatic heterocycles. The van der Waals surface area contributed by atoms with Gasteiger partial charge in [-0.25, -0.2) is 14.4 Å². The smallest absolute Gasteiger partial charge is 0.165 e. The molecular formula is C17H19ClFN5O3. The van der Waals surface area contributed by atoms with Crippen LogP contribution in [0, 0.1) is 18.7 Å². The van der Waals surface area contributed by atoms with Gasteiger partial charge >= 0.3 is 0 Å². The molecular weight excluding hydrogens is 377 g/mol. The Hall–Kier alpha value is -2.20. The van der Waals surface area contributed by atoms with Gasteiger partial charge in [0.25, 0.3) is 0 Å². The molecule has 0 amide bonds. The third-order valence-corrected chi connectivity index (χ3v) is 4.67. The molecule has 0 unspecified atom stereocenters. The summed E-state index contributed by atoms with van der Waals surface area (Å²) >= 11 is 6.18. The molecule has 1 fully saturated rings. The summed E-state index contributed by atoms with van der Waals surface area (Å²) in [5, 5.41) is 40.6. The largest absolute Gasteiger partial charge is 0.396 e. The van der Waals surface area contributed by atoms with E-state index in [1.165, 1.54) is 24.3 Å². The highest BCUT2D eigenvalue weighted by molar-refractivity contribution is 6.32. The first-order valence-corrected chi connectivity index (χ1v) is 8.71. The number of aliphatic hydroxyl groups excluding tert-OH is 3. The fourth-order valence-corrected chi connectivity index (χ4v) is 3.21. The molecule has 4 atom stereocenters. The molecule has 0 saturated heterocycles. The van der Waals surface area contributed by atoms with Gasteiger partial charge in [-0.05, 0) is 37.6 Å². The predicted octanol–water partition coefficient (Wildman–Crippen LogP) is 2.51. The Labute approximate surface area is 159 Å². The monoisotopic (exact) mass is 395 g/mol. The number of aliphatic hydroxyl groups is 3. The van der Waals surface area contributed by atoms with Crippen LogP contribution in [0.4, 0.5) is 21.6 Å². The van der Waals surface area contributed by atoms with Crippen LogP contribution in [0.15, 0.2) is 34.5 Å². The van der Waals surface area contributed by atoms with E-state index in [9.17, 15) is 19.7 Å². The Bertz CT molecular complexity index is 836. The second-order valence-corrected chi connectivity index (χ2v) is 6.70. The number of halogens is 2. The quantitative estimate of drug-likeness (QED) is 0.455. The number of anilines is 1. The van der Waals surface area contributed by atoms with Gasteiger partial charge in [0, 0.05) is 12.5 Å². The third kappa shape index (κ3) is 4.38. The predicted molar refractivity (Wildman–Crippen MR) is 97.0 cm³/mol. The molecule has 144 valence electrons. The summed E-state index contributed by atoms with van der Waals surface area (Å²) in [6.07, 6.45) is -1.79. The van der Waals surface area contributed by atoms with Crippen molar-refractivity contribution in [2.24, 2.45) is 16.1 Å². The minimum Gasteiger partial charge on any atom is -0.396 e. The lowest BCUT2D eigenvalue weighted by Crippen LogP contribution is -2.35. The highest BCUT2D eigenvalue weighted by Gasteiger charge is 2.41. The SMILES string of the molecule is Cc1nc(Cl)c(N=Nc2ccc(F)cc2)c(N[C@@H]2C[C@H](CO)[C@@H](O)[C@H]2O)n1. The van der Waals surface area contributed by atoms with Crippen molar-refractivity contribution in [2.45, 2.75) is 31.6 Å². The van der Waals surface area contributed by atoms with Crippen molar-refractivity contribution in [2.75, 3.05) is 11.9 Å². The minimum absolute atomic E-state index is 0.0580. The summed E-state index contributed by atoms with van der Waals surface area (Å²) in [6.45, 7) is 1.41. The molecule has 8 nitrogen and oxygen atoms in total. The van der Waals surface area contributed by atoms with Crippen LogP contribution in [0.3, 0.4) is 0 Å².